The van der Waals surface area contributed by atoms with Gasteiger partial charge in [0.15, 0.2) is 0 Å². The molecule has 0 aromatic heterocycles. The van der Waals surface area contributed by atoms with Crippen LogP contribution in [0.1, 0.15) is 12.5 Å². The van der Waals surface area contributed by atoms with Crippen molar-refractivity contribution >= 4 is 41.9 Å². The van der Waals surface area contributed by atoms with Crippen LogP contribution in [0, 0.1) is 6.92 Å². The molecule has 0 bridgehead atoms. The highest BCUT2D eigenvalue weighted by molar-refractivity contribution is 9.11. The maximum absolute atomic E-state index is 12.7. The number of hydrogen-bond donors (Lipinski definition) is 0. The van der Waals surface area contributed by atoms with Crippen LogP contribution in [0.15, 0.2) is 26.0 Å². The van der Waals surface area contributed by atoms with Crippen molar-refractivity contribution in [2.45, 2.75) is 18.7 Å². The second kappa shape index (κ2) is 6.44. The van der Waals surface area contributed by atoms with Gasteiger partial charge in [-0.3, -0.25) is 0 Å². The van der Waals surface area contributed by atoms with Gasteiger partial charge < -0.3 is 4.90 Å². The van der Waals surface area contributed by atoms with Gasteiger partial charge in [-0.15, -0.1) is 0 Å². The molecule has 0 aliphatic carbocycles. The summed E-state index contributed by atoms with van der Waals surface area (Å²) in [5, 5.41) is 0. The summed E-state index contributed by atoms with van der Waals surface area (Å²) in [6.45, 7) is 7.65. The summed E-state index contributed by atoms with van der Waals surface area (Å²) in [5.41, 5.74) is 0.916. The van der Waals surface area contributed by atoms with Gasteiger partial charge in [0.25, 0.3) is 0 Å². The van der Waals surface area contributed by atoms with Crippen molar-refractivity contribution in [3.05, 3.63) is 26.6 Å². The monoisotopic (exact) mass is 424 g/mol. The maximum atomic E-state index is 12.7. The van der Waals surface area contributed by atoms with E-state index in [9.17, 15) is 8.42 Å². The van der Waals surface area contributed by atoms with Crippen molar-refractivity contribution in [1.82, 2.24) is 9.21 Å². The average Bonchev–Trinajstić information content (AvgIpc) is 2.42. The SMILES string of the molecule is CCN1CCN(S(=O)(=O)c2cc(C)c(Br)cc2Br)CC1. The first-order valence-corrected chi connectivity index (χ1v) is 9.57. The van der Waals surface area contributed by atoms with Crippen LogP contribution in [0.3, 0.4) is 0 Å². The minimum Gasteiger partial charge on any atom is -0.301 e. The molecule has 20 heavy (non-hydrogen) atoms. The second-order valence-electron chi connectivity index (χ2n) is 4.87. The van der Waals surface area contributed by atoms with Crippen LogP contribution < -0.4 is 0 Å². The highest BCUT2D eigenvalue weighted by atomic mass is 79.9. The minimum atomic E-state index is -3.42. The quantitative estimate of drug-likeness (QED) is 0.747. The standard InChI is InChI=1S/C13H18Br2N2O2S/c1-3-16-4-6-17(7-5-16)20(18,19)13-8-10(2)11(14)9-12(13)15/h8-9H,3-7H2,1-2H3. The Morgan fingerprint density at radius 2 is 1.70 bits per heavy atom. The van der Waals surface area contributed by atoms with E-state index in [4.69, 9.17) is 0 Å². The van der Waals surface area contributed by atoms with Crippen LogP contribution in [0.25, 0.3) is 0 Å². The number of likely N-dealkylation sites (N-methyl/N-ethyl adjacent to an activating group) is 1. The molecule has 0 spiro atoms. The van der Waals surface area contributed by atoms with E-state index in [1.54, 1.807) is 16.4 Å². The van der Waals surface area contributed by atoms with Crippen molar-refractivity contribution in [3.63, 3.8) is 0 Å². The van der Waals surface area contributed by atoms with Gasteiger partial charge in [-0.25, -0.2) is 8.42 Å². The zero-order valence-electron chi connectivity index (χ0n) is 11.6. The fourth-order valence-electron chi connectivity index (χ4n) is 2.25. The molecule has 7 heteroatoms. The number of halogens is 2. The van der Waals surface area contributed by atoms with Crippen molar-refractivity contribution in [2.75, 3.05) is 32.7 Å². The molecule has 0 radical (unpaired) electrons. The van der Waals surface area contributed by atoms with E-state index < -0.39 is 10.0 Å². The first-order chi connectivity index (χ1) is 9.36. The number of aryl methyl sites for hydroxylation is 1. The molecule has 1 aromatic carbocycles. The molecule has 1 saturated heterocycles. The van der Waals surface area contributed by atoms with Gasteiger partial charge in [-0.1, -0.05) is 22.9 Å². The minimum absolute atomic E-state index is 0.350. The summed E-state index contributed by atoms with van der Waals surface area (Å²) >= 11 is 6.78. The van der Waals surface area contributed by atoms with Gasteiger partial charge in [-0.05, 0) is 47.1 Å². The highest BCUT2D eigenvalue weighted by Crippen LogP contribution is 2.31. The predicted octanol–water partition coefficient (Wildman–Crippen LogP) is 2.85. The summed E-state index contributed by atoms with van der Waals surface area (Å²) in [6, 6.07) is 3.51. The smallest absolute Gasteiger partial charge is 0.244 e. The fourth-order valence-corrected chi connectivity index (χ4v) is 5.41. The van der Waals surface area contributed by atoms with Crippen LogP contribution in [-0.2, 0) is 10.0 Å². The number of hydrogen-bond acceptors (Lipinski definition) is 3. The topological polar surface area (TPSA) is 40.6 Å². The summed E-state index contributed by atoms with van der Waals surface area (Å²) < 4.78 is 28.5. The van der Waals surface area contributed by atoms with E-state index >= 15 is 0 Å². The van der Waals surface area contributed by atoms with Gasteiger partial charge in [-0.2, -0.15) is 4.31 Å². The number of sulfonamides is 1. The lowest BCUT2D eigenvalue weighted by Gasteiger charge is -2.33. The predicted molar refractivity (Wildman–Crippen MR) is 87.5 cm³/mol. The Morgan fingerprint density at radius 3 is 2.25 bits per heavy atom. The van der Waals surface area contributed by atoms with E-state index in [0.717, 1.165) is 29.7 Å². The Kier molecular flexibility index (Phi) is 5.29. The largest absolute Gasteiger partial charge is 0.301 e. The maximum Gasteiger partial charge on any atom is 0.244 e. The summed E-state index contributed by atoms with van der Waals surface area (Å²) in [5.74, 6) is 0. The zero-order valence-corrected chi connectivity index (χ0v) is 15.6. The van der Waals surface area contributed by atoms with Gasteiger partial charge >= 0.3 is 0 Å². The third-order valence-corrected chi connectivity index (χ3v) is 7.32. The summed E-state index contributed by atoms with van der Waals surface area (Å²) in [6.07, 6.45) is 0. The summed E-state index contributed by atoms with van der Waals surface area (Å²) in [4.78, 5) is 2.61. The Bertz CT molecular complexity index is 597. The highest BCUT2D eigenvalue weighted by Gasteiger charge is 2.29. The number of nitrogens with zero attached hydrogens (tertiary/aromatic N) is 2. The normalized spacial score (nSPS) is 18.4. The van der Waals surface area contributed by atoms with Crippen molar-refractivity contribution in [2.24, 2.45) is 0 Å². The Morgan fingerprint density at radius 1 is 1.10 bits per heavy atom. The molecular weight excluding hydrogens is 408 g/mol. The fraction of sp³-hybridized carbons (Fsp3) is 0.538. The van der Waals surface area contributed by atoms with Crippen molar-refractivity contribution in [1.29, 1.82) is 0 Å². The lowest BCUT2D eigenvalue weighted by molar-refractivity contribution is 0.196. The van der Waals surface area contributed by atoms with E-state index in [1.807, 2.05) is 6.92 Å². The number of piperazine rings is 1. The van der Waals surface area contributed by atoms with Gasteiger partial charge in [0.2, 0.25) is 10.0 Å². The lowest BCUT2D eigenvalue weighted by Crippen LogP contribution is -2.48. The molecular formula is C13H18Br2N2O2S. The van der Waals surface area contributed by atoms with E-state index in [1.165, 1.54) is 0 Å². The molecule has 1 heterocycles. The lowest BCUT2D eigenvalue weighted by atomic mass is 10.2. The molecule has 0 saturated carbocycles. The average molecular weight is 426 g/mol. The van der Waals surface area contributed by atoms with Crippen LogP contribution >= 0.6 is 31.9 Å². The number of benzene rings is 1. The van der Waals surface area contributed by atoms with E-state index in [2.05, 4.69) is 43.7 Å². The van der Waals surface area contributed by atoms with E-state index in [0.29, 0.717) is 22.5 Å². The van der Waals surface area contributed by atoms with Crippen molar-refractivity contribution < 1.29 is 8.42 Å². The molecule has 1 aromatic rings. The molecule has 0 atom stereocenters. The van der Waals surface area contributed by atoms with Gasteiger partial charge in [0, 0.05) is 35.1 Å². The molecule has 4 nitrogen and oxygen atoms in total. The first kappa shape index (κ1) is 16.4. The molecule has 0 N–H and O–H groups in total. The van der Waals surface area contributed by atoms with Gasteiger partial charge in [0.05, 0.1) is 4.90 Å². The third kappa shape index (κ3) is 3.27. The molecule has 1 aliphatic heterocycles. The second-order valence-corrected chi connectivity index (χ2v) is 8.49. The van der Waals surface area contributed by atoms with Crippen LogP contribution in [-0.4, -0.2) is 50.3 Å². The van der Waals surface area contributed by atoms with Crippen LogP contribution in [0.4, 0.5) is 0 Å². The van der Waals surface area contributed by atoms with Crippen molar-refractivity contribution in [3.8, 4) is 0 Å². The van der Waals surface area contributed by atoms with E-state index in [-0.39, 0.29) is 0 Å². The first-order valence-electron chi connectivity index (χ1n) is 6.54. The third-order valence-electron chi connectivity index (χ3n) is 3.61. The molecule has 2 rings (SSSR count). The summed E-state index contributed by atoms with van der Waals surface area (Å²) in [7, 11) is -3.42. The molecule has 0 unspecified atom stereocenters. The zero-order chi connectivity index (χ0) is 14.9. The molecule has 1 fully saturated rings. The van der Waals surface area contributed by atoms with Crippen LogP contribution in [0.5, 0.6) is 0 Å². The Labute approximate surface area is 137 Å². The Balaban J connectivity index is 2.30. The molecule has 1 aliphatic rings. The number of rotatable bonds is 3. The van der Waals surface area contributed by atoms with Gasteiger partial charge in [0.1, 0.15) is 0 Å². The Hall–Kier alpha value is 0.0500. The molecule has 112 valence electrons. The molecule has 0 amide bonds. The van der Waals surface area contributed by atoms with Crippen LogP contribution in [0.2, 0.25) is 0 Å².